The third kappa shape index (κ3) is 2.23. The molecule has 3 rings (SSSR count). The number of nitriles is 1. The maximum Gasteiger partial charge on any atom is 0.180 e. The predicted octanol–water partition coefficient (Wildman–Crippen LogP) is 3.01. The highest BCUT2D eigenvalue weighted by Gasteiger charge is 2.26. The average Bonchev–Trinajstić information content (AvgIpc) is 3.06. The van der Waals surface area contributed by atoms with Crippen molar-refractivity contribution in [3.05, 3.63) is 35.0 Å². The Kier molecular flexibility index (Phi) is 3.30. The molecule has 21 heavy (non-hydrogen) atoms. The average molecular weight is 282 g/mol. The van der Waals surface area contributed by atoms with Gasteiger partial charge in [0.2, 0.25) is 0 Å². The number of aromatic nitrogens is 2. The van der Waals surface area contributed by atoms with Crippen LogP contribution >= 0.6 is 0 Å². The van der Waals surface area contributed by atoms with Crippen LogP contribution in [0.25, 0.3) is 11.3 Å². The van der Waals surface area contributed by atoms with Gasteiger partial charge in [0.25, 0.3) is 0 Å². The molecular weight excluding hydrogens is 264 g/mol. The number of aromatic amines is 1. The Balaban J connectivity index is 2.10. The van der Waals surface area contributed by atoms with Gasteiger partial charge in [-0.3, -0.25) is 5.10 Å². The summed E-state index contributed by atoms with van der Waals surface area (Å²) in [5, 5.41) is 16.5. The highest BCUT2D eigenvalue weighted by atomic mass is 16.5. The van der Waals surface area contributed by atoms with E-state index in [4.69, 9.17) is 10.00 Å². The molecule has 2 heterocycles. The minimum Gasteiger partial charge on any atom is -0.496 e. The quantitative estimate of drug-likeness (QED) is 0.879. The third-order valence-corrected chi connectivity index (χ3v) is 3.94. The van der Waals surface area contributed by atoms with Gasteiger partial charge in [0, 0.05) is 11.1 Å². The summed E-state index contributed by atoms with van der Waals surface area (Å²) in [6.45, 7) is 5.54. The summed E-state index contributed by atoms with van der Waals surface area (Å²) in [6.07, 6.45) is 2.19. The third-order valence-electron chi connectivity index (χ3n) is 3.94. The highest BCUT2D eigenvalue weighted by Crippen LogP contribution is 2.37. The topological polar surface area (TPSA) is 64.9 Å². The van der Waals surface area contributed by atoms with Crippen LogP contribution in [0.3, 0.4) is 0 Å². The van der Waals surface area contributed by atoms with Gasteiger partial charge < -0.3 is 9.64 Å². The second-order valence-corrected chi connectivity index (χ2v) is 5.60. The molecule has 0 saturated heterocycles. The summed E-state index contributed by atoms with van der Waals surface area (Å²) in [5.41, 5.74) is 5.24. The lowest BCUT2D eigenvalue weighted by molar-refractivity contribution is 0.410. The first-order valence-corrected chi connectivity index (χ1v) is 7.03. The standard InChI is InChI=1S/C16H18N4O/c1-10(2)11-4-5-15(21-3)12(6-11)16-13-7-20(9-17)8-14(13)18-19-16/h4-6,10H,7-8H2,1-3H3,(H,18,19). The molecule has 0 saturated carbocycles. The van der Waals surface area contributed by atoms with Gasteiger partial charge in [0.05, 0.1) is 25.9 Å². The number of methoxy groups -OCH3 is 1. The van der Waals surface area contributed by atoms with E-state index in [0.717, 1.165) is 28.3 Å². The van der Waals surface area contributed by atoms with Crippen LogP contribution in [-0.4, -0.2) is 22.2 Å². The van der Waals surface area contributed by atoms with Gasteiger partial charge in [0.15, 0.2) is 6.19 Å². The van der Waals surface area contributed by atoms with Gasteiger partial charge >= 0.3 is 0 Å². The predicted molar refractivity (Wildman–Crippen MR) is 79.5 cm³/mol. The zero-order valence-electron chi connectivity index (χ0n) is 12.5. The van der Waals surface area contributed by atoms with E-state index in [-0.39, 0.29) is 0 Å². The second-order valence-electron chi connectivity index (χ2n) is 5.60. The summed E-state index contributed by atoms with van der Waals surface area (Å²) >= 11 is 0. The van der Waals surface area contributed by atoms with E-state index in [2.05, 4.69) is 42.4 Å². The van der Waals surface area contributed by atoms with Gasteiger partial charge in [-0.1, -0.05) is 19.9 Å². The van der Waals surface area contributed by atoms with Crippen molar-refractivity contribution in [2.45, 2.75) is 32.9 Å². The lowest BCUT2D eigenvalue weighted by atomic mass is 9.97. The fraction of sp³-hybridized carbons (Fsp3) is 0.375. The van der Waals surface area contributed by atoms with Gasteiger partial charge in [-0.15, -0.1) is 0 Å². The summed E-state index contributed by atoms with van der Waals surface area (Å²) in [5.74, 6) is 1.25. The van der Waals surface area contributed by atoms with E-state index in [0.29, 0.717) is 19.0 Å². The van der Waals surface area contributed by atoms with Gasteiger partial charge in [0.1, 0.15) is 11.4 Å². The molecular formula is C16H18N4O. The summed E-state index contributed by atoms with van der Waals surface area (Å²) in [6, 6.07) is 6.21. The largest absolute Gasteiger partial charge is 0.496 e. The Morgan fingerprint density at radius 3 is 2.86 bits per heavy atom. The fourth-order valence-corrected chi connectivity index (χ4v) is 2.70. The van der Waals surface area contributed by atoms with Gasteiger partial charge in [-0.2, -0.15) is 10.4 Å². The van der Waals surface area contributed by atoms with Crippen molar-refractivity contribution in [3.8, 4) is 23.2 Å². The summed E-state index contributed by atoms with van der Waals surface area (Å²) in [4.78, 5) is 1.71. The van der Waals surface area contributed by atoms with E-state index in [9.17, 15) is 0 Å². The van der Waals surface area contributed by atoms with Crippen molar-refractivity contribution in [2.24, 2.45) is 0 Å². The molecule has 2 aromatic rings. The van der Waals surface area contributed by atoms with Crippen LogP contribution in [0, 0.1) is 11.5 Å². The van der Waals surface area contributed by atoms with Crippen molar-refractivity contribution >= 4 is 0 Å². The molecule has 0 spiro atoms. The Morgan fingerprint density at radius 1 is 1.38 bits per heavy atom. The normalized spacial score (nSPS) is 13.4. The summed E-state index contributed by atoms with van der Waals surface area (Å²) < 4.78 is 5.48. The number of hydrogen-bond donors (Lipinski definition) is 1. The van der Waals surface area contributed by atoms with Gasteiger partial charge in [-0.05, 0) is 23.6 Å². The first-order chi connectivity index (χ1) is 10.1. The SMILES string of the molecule is COc1ccc(C(C)C)cc1-c1n[nH]c2c1CN(C#N)C2. The molecule has 0 radical (unpaired) electrons. The lowest BCUT2D eigenvalue weighted by Gasteiger charge is -2.12. The molecule has 5 heteroatoms. The second kappa shape index (κ2) is 5.13. The Labute approximate surface area is 124 Å². The number of fused-ring (bicyclic) bond motifs is 1. The highest BCUT2D eigenvalue weighted by molar-refractivity contribution is 5.72. The minimum atomic E-state index is 0.442. The van der Waals surface area contributed by atoms with E-state index in [1.54, 1.807) is 12.0 Å². The Hall–Kier alpha value is -2.48. The van der Waals surface area contributed by atoms with E-state index < -0.39 is 0 Å². The molecule has 1 aromatic carbocycles. The molecule has 0 aliphatic carbocycles. The molecule has 1 aliphatic rings. The summed E-state index contributed by atoms with van der Waals surface area (Å²) in [7, 11) is 1.67. The molecule has 0 amide bonds. The number of benzene rings is 1. The fourth-order valence-electron chi connectivity index (χ4n) is 2.70. The van der Waals surface area contributed by atoms with Crippen LogP contribution in [-0.2, 0) is 13.1 Å². The van der Waals surface area contributed by atoms with Crippen LogP contribution in [0.4, 0.5) is 0 Å². The molecule has 0 atom stereocenters. The minimum absolute atomic E-state index is 0.442. The van der Waals surface area contributed by atoms with Crippen molar-refractivity contribution in [1.82, 2.24) is 15.1 Å². The maximum absolute atomic E-state index is 9.05. The van der Waals surface area contributed by atoms with Gasteiger partial charge in [-0.25, -0.2) is 0 Å². The number of nitrogens with zero attached hydrogens (tertiary/aromatic N) is 3. The van der Waals surface area contributed by atoms with Crippen molar-refractivity contribution < 1.29 is 4.74 Å². The van der Waals surface area contributed by atoms with Crippen molar-refractivity contribution in [3.63, 3.8) is 0 Å². The van der Waals surface area contributed by atoms with E-state index in [1.807, 2.05) is 6.07 Å². The van der Waals surface area contributed by atoms with E-state index in [1.165, 1.54) is 5.56 Å². The smallest absolute Gasteiger partial charge is 0.180 e. The molecule has 108 valence electrons. The molecule has 0 fully saturated rings. The number of hydrogen-bond acceptors (Lipinski definition) is 4. The first-order valence-electron chi connectivity index (χ1n) is 7.03. The molecule has 1 aromatic heterocycles. The number of H-pyrrole nitrogens is 1. The Bertz CT molecular complexity index is 712. The van der Waals surface area contributed by atoms with Crippen molar-refractivity contribution in [1.29, 1.82) is 5.26 Å². The van der Waals surface area contributed by atoms with Crippen molar-refractivity contribution in [2.75, 3.05) is 7.11 Å². The number of ether oxygens (including phenoxy) is 1. The first kappa shape index (κ1) is 13.5. The molecule has 5 nitrogen and oxygen atoms in total. The molecule has 1 N–H and O–H groups in total. The maximum atomic E-state index is 9.05. The molecule has 0 unspecified atom stereocenters. The zero-order valence-corrected chi connectivity index (χ0v) is 12.5. The van der Waals surface area contributed by atoms with Crippen LogP contribution < -0.4 is 4.74 Å². The van der Waals surface area contributed by atoms with Crippen LogP contribution in [0.15, 0.2) is 18.2 Å². The lowest BCUT2D eigenvalue weighted by Crippen LogP contribution is -2.08. The number of rotatable bonds is 3. The zero-order chi connectivity index (χ0) is 15.0. The molecule has 0 bridgehead atoms. The number of nitrogens with one attached hydrogen (secondary N) is 1. The van der Waals surface area contributed by atoms with Crippen LogP contribution in [0.1, 0.15) is 36.6 Å². The van der Waals surface area contributed by atoms with E-state index >= 15 is 0 Å². The molecule has 1 aliphatic heterocycles. The monoisotopic (exact) mass is 282 g/mol. The van der Waals surface area contributed by atoms with Crippen LogP contribution in [0.2, 0.25) is 0 Å². The van der Waals surface area contributed by atoms with Crippen LogP contribution in [0.5, 0.6) is 5.75 Å². The Morgan fingerprint density at radius 2 is 2.19 bits per heavy atom.